The highest BCUT2D eigenvalue weighted by Gasteiger charge is 2.31. The van der Waals surface area contributed by atoms with E-state index in [0.717, 1.165) is 18.2 Å². The minimum Gasteiger partial charge on any atom is -0.355 e. The van der Waals surface area contributed by atoms with Crippen molar-refractivity contribution in [2.24, 2.45) is 0 Å². The molecule has 2 N–H and O–H groups in total. The summed E-state index contributed by atoms with van der Waals surface area (Å²) in [6, 6.07) is 6.10. The number of amides is 1. The van der Waals surface area contributed by atoms with Crippen LogP contribution in [-0.4, -0.2) is 21.4 Å². The molecule has 0 unspecified atom stereocenters. The molecule has 0 heterocycles. The van der Waals surface area contributed by atoms with Gasteiger partial charge in [0.05, 0.1) is 21.2 Å². The molecular weight excluding hydrogens is 393 g/mol. The zero-order valence-electron chi connectivity index (χ0n) is 13.6. The van der Waals surface area contributed by atoms with Gasteiger partial charge in [-0.15, -0.1) is 0 Å². The van der Waals surface area contributed by atoms with Gasteiger partial charge in [0.25, 0.3) is 15.9 Å². The van der Waals surface area contributed by atoms with E-state index in [2.05, 4.69) is 5.32 Å². The Hall–Kier alpha value is -2.26. The summed E-state index contributed by atoms with van der Waals surface area (Å²) in [5, 5.41) is 2.19. The summed E-state index contributed by atoms with van der Waals surface area (Å²) in [6.45, 7) is 1.62. The number of rotatable bonds is 4. The molecule has 5 nitrogen and oxygen atoms in total. The molecule has 26 heavy (non-hydrogen) atoms. The van der Waals surface area contributed by atoms with E-state index in [1.807, 2.05) is 4.72 Å². The molecule has 0 aliphatic rings. The van der Waals surface area contributed by atoms with Crippen LogP contribution in [-0.2, 0) is 16.2 Å². The summed E-state index contributed by atoms with van der Waals surface area (Å²) in [7, 11) is -2.87. The quantitative estimate of drug-likeness (QED) is 0.810. The molecule has 0 aliphatic carbocycles. The third-order valence-electron chi connectivity index (χ3n) is 3.53. The molecule has 0 fully saturated rings. The van der Waals surface area contributed by atoms with Crippen molar-refractivity contribution in [1.82, 2.24) is 5.32 Å². The Morgan fingerprint density at radius 2 is 1.77 bits per heavy atom. The van der Waals surface area contributed by atoms with Crippen LogP contribution in [0.3, 0.4) is 0 Å². The zero-order chi connectivity index (χ0) is 19.7. The maximum Gasteiger partial charge on any atom is 0.416 e. The fourth-order valence-corrected chi connectivity index (χ4v) is 3.45. The first kappa shape index (κ1) is 20.1. The van der Waals surface area contributed by atoms with Gasteiger partial charge in [0, 0.05) is 12.6 Å². The van der Waals surface area contributed by atoms with E-state index in [1.165, 1.54) is 19.2 Å². The van der Waals surface area contributed by atoms with Crippen LogP contribution in [0, 0.1) is 6.92 Å². The van der Waals surface area contributed by atoms with E-state index in [9.17, 15) is 26.4 Å². The molecule has 140 valence electrons. The average molecular weight is 407 g/mol. The number of sulfonamides is 1. The Balaban J connectivity index is 2.46. The first-order valence-electron chi connectivity index (χ1n) is 7.18. The molecule has 2 aromatic carbocycles. The molecule has 0 aliphatic heterocycles. The van der Waals surface area contributed by atoms with E-state index in [1.54, 1.807) is 6.92 Å². The van der Waals surface area contributed by atoms with Gasteiger partial charge in [-0.3, -0.25) is 9.52 Å². The summed E-state index contributed by atoms with van der Waals surface area (Å²) in [4.78, 5) is 11.5. The number of nitrogens with one attached hydrogen (secondary N) is 2. The Bertz CT molecular complexity index is 960. The summed E-state index contributed by atoms with van der Waals surface area (Å²) in [5.74, 6) is -0.489. The van der Waals surface area contributed by atoms with Gasteiger partial charge in [-0.25, -0.2) is 8.42 Å². The number of alkyl halides is 3. The van der Waals surface area contributed by atoms with Crippen LogP contribution in [0.25, 0.3) is 0 Å². The predicted octanol–water partition coefficient (Wildman–Crippen LogP) is 3.83. The fourth-order valence-electron chi connectivity index (χ4n) is 2.13. The number of benzene rings is 2. The molecule has 0 saturated heterocycles. The second-order valence-corrected chi connectivity index (χ2v) is 7.44. The Morgan fingerprint density at radius 3 is 2.35 bits per heavy atom. The van der Waals surface area contributed by atoms with Gasteiger partial charge in [-0.1, -0.05) is 17.7 Å². The molecule has 1 amide bonds. The number of carbonyl (C=O) groups excluding carboxylic acids is 1. The van der Waals surface area contributed by atoms with Gasteiger partial charge in [0.1, 0.15) is 0 Å². The van der Waals surface area contributed by atoms with Crippen LogP contribution >= 0.6 is 11.6 Å². The van der Waals surface area contributed by atoms with E-state index >= 15 is 0 Å². The minimum atomic E-state index is -4.65. The van der Waals surface area contributed by atoms with Gasteiger partial charge in [-0.05, 0) is 42.8 Å². The maximum atomic E-state index is 12.8. The zero-order valence-corrected chi connectivity index (χ0v) is 15.2. The molecule has 0 saturated carbocycles. The molecule has 0 aromatic heterocycles. The standard InChI is InChI=1S/C16H14ClF3N2O3S/c1-9-3-5-11(8-12(9)15(23)21-2)26(24,25)22-14-7-10(16(18,19)20)4-6-13(14)17/h3-8,22H,1-2H3,(H,21,23). The third-order valence-corrected chi connectivity index (χ3v) is 5.22. The molecule has 0 radical (unpaired) electrons. The van der Waals surface area contributed by atoms with Gasteiger partial charge >= 0.3 is 6.18 Å². The number of aryl methyl sites for hydroxylation is 1. The van der Waals surface area contributed by atoms with Crippen molar-refractivity contribution in [3.63, 3.8) is 0 Å². The number of hydrogen-bond donors (Lipinski definition) is 2. The van der Waals surface area contributed by atoms with Crippen molar-refractivity contribution in [2.45, 2.75) is 18.0 Å². The van der Waals surface area contributed by atoms with Crippen molar-refractivity contribution in [2.75, 3.05) is 11.8 Å². The fraction of sp³-hybridized carbons (Fsp3) is 0.188. The number of carbonyl (C=O) groups is 1. The predicted molar refractivity (Wildman–Crippen MR) is 91.8 cm³/mol. The van der Waals surface area contributed by atoms with E-state index in [4.69, 9.17) is 11.6 Å². The monoisotopic (exact) mass is 406 g/mol. The smallest absolute Gasteiger partial charge is 0.355 e. The Kier molecular flexibility index (Phi) is 5.52. The topological polar surface area (TPSA) is 75.3 Å². The van der Waals surface area contributed by atoms with E-state index in [0.29, 0.717) is 11.6 Å². The van der Waals surface area contributed by atoms with Crippen LogP contribution in [0.2, 0.25) is 5.02 Å². The lowest BCUT2D eigenvalue weighted by Crippen LogP contribution is -2.20. The lowest BCUT2D eigenvalue weighted by molar-refractivity contribution is -0.137. The van der Waals surface area contributed by atoms with Crippen LogP contribution in [0.5, 0.6) is 0 Å². The highest BCUT2D eigenvalue weighted by atomic mass is 35.5. The van der Waals surface area contributed by atoms with Gasteiger partial charge < -0.3 is 5.32 Å². The summed E-state index contributed by atoms with van der Waals surface area (Å²) >= 11 is 5.81. The van der Waals surface area contributed by atoms with Crippen molar-refractivity contribution < 1.29 is 26.4 Å². The highest BCUT2D eigenvalue weighted by molar-refractivity contribution is 7.92. The number of halogens is 4. The second kappa shape index (κ2) is 7.16. The molecule has 0 spiro atoms. The lowest BCUT2D eigenvalue weighted by Gasteiger charge is -2.14. The molecule has 10 heteroatoms. The van der Waals surface area contributed by atoms with Crippen molar-refractivity contribution in [1.29, 1.82) is 0 Å². The van der Waals surface area contributed by atoms with Crippen LogP contribution in [0.4, 0.5) is 18.9 Å². The second-order valence-electron chi connectivity index (χ2n) is 5.35. The Labute approximate surface area is 153 Å². The molecular formula is C16H14ClF3N2O3S. The van der Waals surface area contributed by atoms with Gasteiger partial charge in [-0.2, -0.15) is 13.2 Å². The first-order valence-corrected chi connectivity index (χ1v) is 9.04. The van der Waals surface area contributed by atoms with Crippen molar-refractivity contribution >= 4 is 33.2 Å². The third kappa shape index (κ3) is 4.28. The van der Waals surface area contributed by atoms with Crippen LogP contribution in [0.15, 0.2) is 41.3 Å². The first-order chi connectivity index (χ1) is 12.0. The lowest BCUT2D eigenvalue weighted by atomic mass is 10.1. The Morgan fingerprint density at radius 1 is 1.12 bits per heavy atom. The maximum absolute atomic E-state index is 12.8. The van der Waals surface area contributed by atoms with E-state index in [-0.39, 0.29) is 15.5 Å². The number of anilines is 1. The highest BCUT2D eigenvalue weighted by Crippen LogP contribution is 2.34. The van der Waals surface area contributed by atoms with Crippen molar-refractivity contribution in [3.05, 3.63) is 58.1 Å². The summed E-state index contributed by atoms with van der Waals surface area (Å²) in [6.07, 6.45) is -4.65. The van der Waals surface area contributed by atoms with Crippen molar-refractivity contribution in [3.8, 4) is 0 Å². The summed E-state index contributed by atoms with van der Waals surface area (Å²) < 4.78 is 65.5. The van der Waals surface area contributed by atoms with Crippen LogP contribution in [0.1, 0.15) is 21.5 Å². The average Bonchev–Trinajstić information content (AvgIpc) is 2.55. The number of hydrogen-bond acceptors (Lipinski definition) is 3. The van der Waals surface area contributed by atoms with E-state index < -0.39 is 33.4 Å². The SMILES string of the molecule is CNC(=O)c1cc(S(=O)(=O)Nc2cc(C(F)(F)F)ccc2Cl)ccc1C. The largest absolute Gasteiger partial charge is 0.416 e. The normalized spacial score (nSPS) is 11.9. The van der Waals surface area contributed by atoms with Crippen LogP contribution < -0.4 is 10.0 Å². The molecule has 2 aromatic rings. The molecule has 0 bridgehead atoms. The molecule has 2 rings (SSSR count). The van der Waals surface area contributed by atoms with Gasteiger partial charge in [0.15, 0.2) is 0 Å². The summed E-state index contributed by atoms with van der Waals surface area (Å²) in [5.41, 5.74) is -0.788. The molecule has 0 atom stereocenters. The van der Waals surface area contributed by atoms with Gasteiger partial charge in [0.2, 0.25) is 0 Å². The minimum absolute atomic E-state index is 0.130.